The second kappa shape index (κ2) is 8.71. The summed E-state index contributed by atoms with van der Waals surface area (Å²) in [5.74, 6) is 0. The Hall–Kier alpha value is -1.50. The smallest absolute Gasteiger partial charge is 0.185 e. The summed E-state index contributed by atoms with van der Waals surface area (Å²) >= 11 is 1.69. The highest BCUT2D eigenvalue weighted by molar-refractivity contribution is 7.13. The van der Waals surface area contributed by atoms with Gasteiger partial charge in [0.1, 0.15) is 0 Å². The number of nitrogens with zero attached hydrogens (tertiary/aromatic N) is 3. The standard InChI is InChI=1S/C15H22N4OS/c1-3-19(11-13-4-6-16-7-5-13)15-18-14(12-21-15)10-17-8-9-20-2/h4-7,12,17H,3,8-11H2,1-2H3. The maximum atomic E-state index is 5.01. The van der Waals surface area contributed by atoms with Crippen molar-refractivity contribution in [3.63, 3.8) is 0 Å². The van der Waals surface area contributed by atoms with Crippen LogP contribution in [0.1, 0.15) is 18.2 Å². The van der Waals surface area contributed by atoms with Crippen molar-refractivity contribution < 1.29 is 4.74 Å². The zero-order valence-electron chi connectivity index (χ0n) is 12.6. The minimum atomic E-state index is 0.722. The molecule has 0 aliphatic carbocycles. The molecule has 6 heteroatoms. The molecule has 1 N–H and O–H groups in total. The third-order valence-electron chi connectivity index (χ3n) is 3.10. The topological polar surface area (TPSA) is 50.3 Å². The highest BCUT2D eigenvalue weighted by atomic mass is 32.1. The van der Waals surface area contributed by atoms with Crippen LogP contribution in [0.15, 0.2) is 29.9 Å². The molecule has 2 rings (SSSR count). The molecule has 2 aromatic heterocycles. The fourth-order valence-corrected chi connectivity index (χ4v) is 2.83. The van der Waals surface area contributed by atoms with Gasteiger partial charge in [-0.2, -0.15) is 0 Å². The Balaban J connectivity index is 1.91. The van der Waals surface area contributed by atoms with Gasteiger partial charge in [-0.05, 0) is 24.6 Å². The lowest BCUT2D eigenvalue weighted by molar-refractivity contribution is 0.199. The third-order valence-corrected chi connectivity index (χ3v) is 4.05. The van der Waals surface area contributed by atoms with Gasteiger partial charge in [-0.25, -0.2) is 4.98 Å². The Kier molecular flexibility index (Phi) is 6.59. The van der Waals surface area contributed by atoms with Crippen LogP contribution in [-0.2, 0) is 17.8 Å². The number of ether oxygens (including phenoxy) is 1. The molecule has 0 aliphatic rings. The molecule has 114 valence electrons. The van der Waals surface area contributed by atoms with E-state index >= 15 is 0 Å². The molecule has 0 bridgehead atoms. The van der Waals surface area contributed by atoms with Crippen molar-refractivity contribution in [2.75, 3.05) is 31.7 Å². The van der Waals surface area contributed by atoms with Crippen LogP contribution >= 0.6 is 11.3 Å². The predicted molar refractivity (Wildman–Crippen MR) is 86.7 cm³/mol. The second-order valence-corrected chi connectivity index (χ2v) is 5.50. The number of thiazole rings is 1. The van der Waals surface area contributed by atoms with Crippen LogP contribution < -0.4 is 10.2 Å². The molecule has 0 unspecified atom stereocenters. The van der Waals surface area contributed by atoms with E-state index in [0.29, 0.717) is 0 Å². The molecule has 0 saturated carbocycles. The van der Waals surface area contributed by atoms with Gasteiger partial charge in [-0.3, -0.25) is 4.98 Å². The van der Waals surface area contributed by atoms with Gasteiger partial charge in [0.05, 0.1) is 12.3 Å². The quantitative estimate of drug-likeness (QED) is 0.720. The largest absolute Gasteiger partial charge is 0.383 e. The summed E-state index contributed by atoms with van der Waals surface area (Å²) in [5.41, 5.74) is 2.33. The predicted octanol–water partition coefficient (Wildman–Crippen LogP) is 2.30. The van der Waals surface area contributed by atoms with Gasteiger partial charge in [0.2, 0.25) is 0 Å². The van der Waals surface area contributed by atoms with Crippen molar-refractivity contribution in [1.29, 1.82) is 0 Å². The number of rotatable bonds is 9. The molecule has 0 aliphatic heterocycles. The lowest BCUT2D eigenvalue weighted by Crippen LogP contribution is -2.22. The SMILES string of the molecule is CCN(Cc1ccncc1)c1nc(CNCCOC)cs1. The molecule has 0 spiro atoms. The van der Waals surface area contributed by atoms with E-state index in [1.165, 1.54) is 5.56 Å². The Labute approximate surface area is 130 Å². The van der Waals surface area contributed by atoms with Gasteiger partial charge >= 0.3 is 0 Å². The van der Waals surface area contributed by atoms with Gasteiger partial charge in [-0.1, -0.05) is 0 Å². The Morgan fingerprint density at radius 1 is 1.33 bits per heavy atom. The van der Waals surface area contributed by atoms with Crippen LogP contribution in [0.2, 0.25) is 0 Å². The number of anilines is 1. The normalized spacial score (nSPS) is 10.8. The number of nitrogens with one attached hydrogen (secondary N) is 1. The molecule has 0 saturated heterocycles. The van der Waals surface area contributed by atoms with Crippen LogP contribution in [0.5, 0.6) is 0 Å². The first kappa shape index (κ1) is 15.9. The summed E-state index contributed by atoms with van der Waals surface area (Å²) in [5, 5.41) is 6.50. The Bertz CT molecular complexity index is 517. The van der Waals surface area contributed by atoms with E-state index in [0.717, 1.165) is 43.6 Å². The lowest BCUT2D eigenvalue weighted by Gasteiger charge is -2.19. The van der Waals surface area contributed by atoms with E-state index < -0.39 is 0 Å². The summed E-state index contributed by atoms with van der Waals surface area (Å²) in [4.78, 5) is 11.0. The molecule has 0 amide bonds. The molecule has 21 heavy (non-hydrogen) atoms. The molecule has 0 radical (unpaired) electrons. The maximum absolute atomic E-state index is 5.01. The van der Waals surface area contributed by atoms with Crippen molar-refractivity contribution in [3.8, 4) is 0 Å². The summed E-state index contributed by atoms with van der Waals surface area (Å²) in [6.45, 7) is 6.30. The molecule has 0 aromatic carbocycles. The van der Waals surface area contributed by atoms with Crippen LogP contribution in [0.4, 0.5) is 5.13 Å². The fraction of sp³-hybridized carbons (Fsp3) is 0.467. The first-order valence-corrected chi connectivity index (χ1v) is 7.99. The van der Waals surface area contributed by atoms with Crippen LogP contribution in [-0.4, -0.2) is 36.8 Å². The van der Waals surface area contributed by atoms with Crippen LogP contribution in [0.3, 0.4) is 0 Å². The monoisotopic (exact) mass is 306 g/mol. The zero-order chi connectivity index (χ0) is 14.9. The van der Waals surface area contributed by atoms with Crippen LogP contribution in [0, 0.1) is 0 Å². The number of pyridine rings is 1. The summed E-state index contributed by atoms with van der Waals surface area (Å²) < 4.78 is 5.01. The van der Waals surface area contributed by atoms with E-state index in [2.05, 4.69) is 27.5 Å². The first-order valence-electron chi connectivity index (χ1n) is 7.11. The highest BCUT2D eigenvalue weighted by Crippen LogP contribution is 2.22. The van der Waals surface area contributed by atoms with Gasteiger partial charge in [0.25, 0.3) is 0 Å². The molecule has 5 nitrogen and oxygen atoms in total. The van der Waals surface area contributed by atoms with Crippen molar-refractivity contribution >= 4 is 16.5 Å². The Morgan fingerprint density at radius 2 is 2.14 bits per heavy atom. The molecular formula is C15H22N4OS. The minimum absolute atomic E-state index is 0.722. The molecule has 0 fully saturated rings. The van der Waals surface area contributed by atoms with Gasteiger partial charge in [0, 0.05) is 51.1 Å². The van der Waals surface area contributed by atoms with E-state index in [4.69, 9.17) is 9.72 Å². The number of hydrogen-bond donors (Lipinski definition) is 1. The fourth-order valence-electron chi connectivity index (χ4n) is 1.94. The van der Waals surface area contributed by atoms with E-state index in [1.807, 2.05) is 24.5 Å². The van der Waals surface area contributed by atoms with Gasteiger partial charge < -0.3 is 15.0 Å². The molecule has 2 heterocycles. The maximum Gasteiger partial charge on any atom is 0.185 e. The average molecular weight is 306 g/mol. The van der Waals surface area contributed by atoms with Crippen molar-refractivity contribution in [3.05, 3.63) is 41.2 Å². The molecule has 0 atom stereocenters. The number of methoxy groups -OCH3 is 1. The zero-order valence-corrected chi connectivity index (χ0v) is 13.4. The molecular weight excluding hydrogens is 284 g/mol. The van der Waals surface area contributed by atoms with E-state index in [1.54, 1.807) is 18.4 Å². The number of aromatic nitrogens is 2. The van der Waals surface area contributed by atoms with E-state index in [-0.39, 0.29) is 0 Å². The second-order valence-electron chi connectivity index (χ2n) is 4.66. The van der Waals surface area contributed by atoms with E-state index in [9.17, 15) is 0 Å². The summed E-state index contributed by atoms with van der Waals surface area (Å²) in [6, 6.07) is 4.09. The van der Waals surface area contributed by atoms with Crippen molar-refractivity contribution in [2.24, 2.45) is 0 Å². The summed E-state index contributed by atoms with van der Waals surface area (Å²) in [7, 11) is 1.71. The third kappa shape index (κ3) is 5.08. The summed E-state index contributed by atoms with van der Waals surface area (Å²) in [6.07, 6.45) is 3.66. The highest BCUT2D eigenvalue weighted by Gasteiger charge is 2.10. The number of hydrogen-bond acceptors (Lipinski definition) is 6. The van der Waals surface area contributed by atoms with Gasteiger partial charge in [-0.15, -0.1) is 11.3 Å². The first-order chi connectivity index (χ1) is 10.3. The lowest BCUT2D eigenvalue weighted by atomic mass is 10.2. The molecule has 2 aromatic rings. The average Bonchev–Trinajstić information content (AvgIpc) is 2.99. The van der Waals surface area contributed by atoms with Gasteiger partial charge in [0.15, 0.2) is 5.13 Å². The van der Waals surface area contributed by atoms with Crippen molar-refractivity contribution in [2.45, 2.75) is 20.0 Å². The van der Waals surface area contributed by atoms with Crippen LogP contribution in [0.25, 0.3) is 0 Å². The van der Waals surface area contributed by atoms with Crippen molar-refractivity contribution in [1.82, 2.24) is 15.3 Å². The Morgan fingerprint density at radius 3 is 2.86 bits per heavy atom. The minimum Gasteiger partial charge on any atom is -0.383 e.